The van der Waals surface area contributed by atoms with Gasteiger partial charge in [0.2, 0.25) is 5.91 Å². The van der Waals surface area contributed by atoms with Crippen LogP contribution in [0.3, 0.4) is 0 Å². The van der Waals surface area contributed by atoms with Gasteiger partial charge in [0.15, 0.2) is 0 Å². The van der Waals surface area contributed by atoms with Gasteiger partial charge in [-0.05, 0) is 36.6 Å². The predicted octanol–water partition coefficient (Wildman–Crippen LogP) is 2.73. The third-order valence-corrected chi connectivity index (χ3v) is 5.26. The predicted molar refractivity (Wildman–Crippen MR) is 108 cm³/mol. The van der Waals surface area contributed by atoms with Crippen LogP contribution in [0.25, 0.3) is 0 Å². The molecule has 1 aromatic heterocycles. The lowest BCUT2D eigenvalue weighted by atomic mass is 10.0. The SMILES string of the molecule is CC(C)C1CN(CC(=O)Nc2cnn(C)c2)CCCN1Cc1ccc(F)cc1. The molecule has 6 nitrogen and oxygen atoms in total. The van der Waals surface area contributed by atoms with Gasteiger partial charge in [-0.2, -0.15) is 5.10 Å². The fourth-order valence-corrected chi connectivity index (χ4v) is 3.82. The van der Waals surface area contributed by atoms with Gasteiger partial charge in [-0.15, -0.1) is 0 Å². The van der Waals surface area contributed by atoms with Crippen LogP contribution in [-0.2, 0) is 18.4 Å². The summed E-state index contributed by atoms with van der Waals surface area (Å²) >= 11 is 0. The molecule has 1 aliphatic rings. The number of nitrogens with zero attached hydrogens (tertiary/aromatic N) is 4. The molecule has 0 radical (unpaired) electrons. The Bertz CT molecular complexity index is 773. The minimum Gasteiger partial charge on any atom is -0.322 e. The molecule has 1 aliphatic heterocycles. The van der Waals surface area contributed by atoms with Crippen LogP contribution in [0, 0.1) is 11.7 Å². The van der Waals surface area contributed by atoms with Gasteiger partial charge in [0.25, 0.3) is 0 Å². The molecule has 1 aromatic carbocycles. The molecule has 1 saturated heterocycles. The van der Waals surface area contributed by atoms with Crippen LogP contribution < -0.4 is 5.32 Å². The van der Waals surface area contributed by atoms with Gasteiger partial charge < -0.3 is 5.32 Å². The van der Waals surface area contributed by atoms with E-state index in [9.17, 15) is 9.18 Å². The number of benzene rings is 1. The van der Waals surface area contributed by atoms with Crippen LogP contribution in [0.2, 0.25) is 0 Å². The number of hydrogen-bond donors (Lipinski definition) is 1. The molecule has 1 unspecified atom stereocenters. The van der Waals surface area contributed by atoms with Crippen LogP contribution in [0.15, 0.2) is 36.7 Å². The van der Waals surface area contributed by atoms with Crippen LogP contribution >= 0.6 is 0 Å². The van der Waals surface area contributed by atoms with Crippen LogP contribution in [0.1, 0.15) is 25.8 Å². The molecule has 2 aromatic rings. The zero-order valence-electron chi connectivity index (χ0n) is 16.9. The van der Waals surface area contributed by atoms with Crippen molar-refractivity contribution in [1.29, 1.82) is 0 Å². The minimum atomic E-state index is -0.203. The maximum atomic E-state index is 13.2. The number of amides is 1. The molecular weight excluding hydrogens is 357 g/mol. The van der Waals surface area contributed by atoms with Crippen molar-refractivity contribution in [2.24, 2.45) is 13.0 Å². The summed E-state index contributed by atoms with van der Waals surface area (Å²) in [6.07, 6.45) is 4.45. The van der Waals surface area contributed by atoms with E-state index in [1.807, 2.05) is 19.2 Å². The summed E-state index contributed by atoms with van der Waals surface area (Å²) in [6.45, 7) is 8.34. The molecule has 1 amide bonds. The van der Waals surface area contributed by atoms with E-state index in [2.05, 4.69) is 34.1 Å². The highest BCUT2D eigenvalue weighted by molar-refractivity contribution is 5.91. The topological polar surface area (TPSA) is 53.4 Å². The van der Waals surface area contributed by atoms with E-state index >= 15 is 0 Å². The number of aryl methyl sites for hydroxylation is 1. The molecule has 0 bridgehead atoms. The lowest BCUT2D eigenvalue weighted by molar-refractivity contribution is -0.117. The summed E-state index contributed by atoms with van der Waals surface area (Å²) in [4.78, 5) is 17.2. The summed E-state index contributed by atoms with van der Waals surface area (Å²) in [6, 6.07) is 7.10. The molecule has 7 heteroatoms. The van der Waals surface area contributed by atoms with Gasteiger partial charge in [0.05, 0.1) is 18.4 Å². The third-order valence-electron chi connectivity index (χ3n) is 5.26. The smallest absolute Gasteiger partial charge is 0.238 e. The van der Waals surface area contributed by atoms with E-state index < -0.39 is 0 Å². The number of aromatic nitrogens is 2. The molecule has 0 spiro atoms. The van der Waals surface area contributed by atoms with Crippen molar-refractivity contribution in [3.63, 3.8) is 0 Å². The van der Waals surface area contributed by atoms with Gasteiger partial charge in [-0.3, -0.25) is 19.3 Å². The zero-order valence-corrected chi connectivity index (χ0v) is 16.9. The Labute approximate surface area is 166 Å². The van der Waals surface area contributed by atoms with Crippen molar-refractivity contribution in [3.8, 4) is 0 Å². The van der Waals surface area contributed by atoms with Crippen molar-refractivity contribution in [1.82, 2.24) is 19.6 Å². The number of nitrogens with one attached hydrogen (secondary N) is 1. The number of hydrogen-bond acceptors (Lipinski definition) is 4. The molecule has 1 N–H and O–H groups in total. The largest absolute Gasteiger partial charge is 0.322 e. The van der Waals surface area contributed by atoms with Crippen molar-refractivity contribution >= 4 is 11.6 Å². The van der Waals surface area contributed by atoms with E-state index in [1.165, 1.54) is 12.1 Å². The van der Waals surface area contributed by atoms with Gasteiger partial charge in [-0.1, -0.05) is 26.0 Å². The van der Waals surface area contributed by atoms with Crippen molar-refractivity contribution in [3.05, 3.63) is 48.0 Å². The van der Waals surface area contributed by atoms with E-state index in [0.717, 1.165) is 43.9 Å². The summed E-state index contributed by atoms with van der Waals surface area (Å²) in [5.74, 6) is 0.246. The standard InChI is InChI=1S/C21H30FN5O/c1-16(2)20-14-26(15-21(28)24-19-11-23-25(3)13-19)9-4-10-27(20)12-17-5-7-18(22)8-6-17/h5-8,11,13,16,20H,4,9-10,12,14-15H2,1-3H3,(H,24,28). The zero-order chi connectivity index (χ0) is 20.1. The highest BCUT2D eigenvalue weighted by atomic mass is 19.1. The molecule has 0 aliphatic carbocycles. The Morgan fingerprint density at radius 3 is 2.68 bits per heavy atom. The Balaban J connectivity index is 1.61. The van der Waals surface area contributed by atoms with Gasteiger partial charge in [0, 0.05) is 38.9 Å². The fraction of sp³-hybridized carbons (Fsp3) is 0.524. The average Bonchev–Trinajstić information content (AvgIpc) is 2.93. The number of carbonyl (C=O) groups is 1. The van der Waals surface area contributed by atoms with Gasteiger partial charge in [0.1, 0.15) is 5.82 Å². The average molecular weight is 388 g/mol. The molecule has 3 rings (SSSR count). The fourth-order valence-electron chi connectivity index (χ4n) is 3.82. The lowest BCUT2D eigenvalue weighted by Crippen LogP contribution is -2.45. The summed E-state index contributed by atoms with van der Waals surface area (Å²) in [7, 11) is 1.83. The summed E-state index contributed by atoms with van der Waals surface area (Å²) < 4.78 is 14.9. The van der Waals surface area contributed by atoms with Crippen molar-refractivity contribution in [2.45, 2.75) is 32.9 Å². The van der Waals surface area contributed by atoms with E-state index in [-0.39, 0.29) is 11.7 Å². The number of anilines is 1. The maximum Gasteiger partial charge on any atom is 0.238 e. The van der Waals surface area contributed by atoms with Gasteiger partial charge >= 0.3 is 0 Å². The lowest BCUT2D eigenvalue weighted by Gasteiger charge is -2.34. The first-order valence-electron chi connectivity index (χ1n) is 9.90. The van der Waals surface area contributed by atoms with Crippen LogP contribution in [0.4, 0.5) is 10.1 Å². The monoisotopic (exact) mass is 387 g/mol. The highest BCUT2D eigenvalue weighted by Crippen LogP contribution is 2.20. The first-order valence-corrected chi connectivity index (χ1v) is 9.90. The third kappa shape index (κ3) is 5.62. The minimum absolute atomic E-state index is 0.0116. The molecular formula is C21H30FN5O. The Kier molecular flexibility index (Phi) is 6.80. The first-order chi connectivity index (χ1) is 13.4. The summed E-state index contributed by atoms with van der Waals surface area (Å²) in [5, 5.41) is 7.00. The van der Waals surface area contributed by atoms with Crippen LogP contribution in [-0.4, -0.2) is 57.7 Å². The van der Waals surface area contributed by atoms with E-state index in [1.54, 1.807) is 17.1 Å². The van der Waals surface area contributed by atoms with E-state index in [0.29, 0.717) is 18.5 Å². The van der Waals surface area contributed by atoms with Crippen LogP contribution in [0.5, 0.6) is 0 Å². The van der Waals surface area contributed by atoms with Crippen molar-refractivity contribution < 1.29 is 9.18 Å². The molecule has 1 fully saturated rings. The number of rotatable bonds is 6. The second kappa shape index (κ2) is 9.30. The summed E-state index contributed by atoms with van der Waals surface area (Å²) in [5.41, 5.74) is 1.84. The normalized spacial score (nSPS) is 19.0. The first kappa shape index (κ1) is 20.5. The Morgan fingerprint density at radius 2 is 2.04 bits per heavy atom. The number of halogens is 1. The number of carbonyl (C=O) groups excluding carboxylic acids is 1. The molecule has 28 heavy (non-hydrogen) atoms. The second-order valence-corrected chi connectivity index (χ2v) is 7.95. The second-order valence-electron chi connectivity index (χ2n) is 7.95. The Hall–Kier alpha value is -2.25. The molecule has 2 heterocycles. The van der Waals surface area contributed by atoms with Crippen molar-refractivity contribution in [2.75, 3.05) is 31.5 Å². The maximum absolute atomic E-state index is 13.2. The Morgan fingerprint density at radius 1 is 1.29 bits per heavy atom. The molecule has 152 valence electrons. The van der Waals surface area contributed by atoms with E-state index in [4.69, 9.17) is 0 Å². The molecule has 1 atom stereocenters. The highest BCUT2D eigenvalue weighted by Gasteiger charge is 2.28. The quantitative estimate of drug-likeness (QED) is 0.828. The molecule has 0 saturated carbocycles. The van der Waals surface area contributed by atoms with Gasteiger partial charge in [-0.25, -0.2) is 4.39 Å².